The highest BCUT2D eigenvalue weighted by Gasteiger charge is 2.14. The van der Waals surface area contributed by atoms with Crippen LogP contribution in [0.1, 0.15) is 31.8 Å². The maximum Gasteiger partial charge on any atom is 0.328 e. The Balaban J connectivity index is 1.72. The second-order valence-corrected chi connectivity index (χ2v) is 6.60. The average molecular weight is 400 g/mol. The van der Waals surface area contributed by atoms with E-state index in [2.05, 4.69) is 10.6 Å². The van der Waals surface area contributed by atoms with Gasteiger partial charge in [-0.2, -0.15) is 0 Å². The number of amides is 2. The van der Waals surface area contributed by atoms with E-state index in [0.29, 0.717) is 28.1 Å². The highest BCUT2D eigenvalue weighted by molar-refractivity contribution is 6.09. The van der Waals surface area contributed by atoms with Crippen molar-refractivity contribution in [1.82, 2.24) is 0 Å². The number of rotatable bonds is 6. The van der Waals surface area contributed by atoms with Gasteiger partial charge in [0.2, 0.25) is 0 Å². The summed E-state index contributed by atoms with van der Waals surface area (Å²) in [6.07, 6.45) is 2.51. The number of hydrogen-bond acceptors (Lipinski definition) is 3. The van der Waals surface area contributed by atoms with E-state index < -0.39 is 5.97 Å². The van der Waals surface area contributed by atoms with Gasteiger partial charge in [0, 0.05) is 28.6 Å². The number of carbonyl (C=O) groups excluding carboxylic acids is 2. The molecule has 30 heavy (non-hydrogen) atoms. The van der Waals surface area contributed by atoms with Gasteiger partial charge in [-0.05, 0) is 60.5 Å². The second kappa shape index (κ2) is 9.34. The minimum absolute atomic E-state index is 0.289. The molecule has 0 fully saturated rings. The van der Waals surface area contributed by atoms with Crippen molar-refractivity contribution in [2.45, 2.75) is 6.92 Å². The lowest BCUT2D eigenvalue weighted by Crippen LogP contribution is -2.16. The zero-order valence-electron chi connectivity index (χ0n) is 16.3. The molecule has 0 aliphatic rings. The van der Waals surface area contributed by atoms with Crippen LogP contribution in [0.4, 0.5) is 11.4 Å². The number of hydrogen-bond donors (Lipinski definition) is 3. The van der Waals surface area contributed by atoms with E-state index in [9.17, 15) is 14.4 Å². The molecule has 0 aliphatic carbocycles. The zero-order valence-corrected chi connectivity index (χ0v) is 16.3. The van der Waals surface area contributed by atoms with Gasteiger partial charge in [-0.1, -0.05) is 36.4 Å². The molecule has 2 amide bonds. The second-order valence-electron chi connectivity index (χ2n) is 6.60. The molecule has 0 spiro atoms. The van der Waals surface area contributed by atoms with Crippen molar-refractivity contribution in [1.29, 1.82) is 0 Å². The Morgan fingerprint density at radius 1 is 0.800 bits per heavy atom. The SMILES string of the molecule is Cc1ccc(C(=O)Nc2ccc(/C=C/C(=O)O)cc2)cc1C(=O)Nc1ccccc1. The summed E-state index contributed by atoms with van der Waals surface area (Å²) in [5, 5.41) is 14.3. The monoisotopic (exact) mass is 400 g/mol. The van der Waals surface area contributed by atoms with Gasteiger partial charge in [-0.3, -0.25) is 9.59 Å². The average Bonchev–Trinajstić information content (AvgIpc) is 2.74. The maximum atomic E-state index is 12.6. The lowest BCUT2D eigenvalue weighted by Gasteiger charge is -2.10. The summed E-state index contributed by atoms with van der Waals surface area (Å²) in [6.45, 7) is 1.81. The Morgan fingerprint density at radius 2 is 1.43 bits per heavy atom. The molecule has 6 heteroatoms. The number of anilines is 2. The topological polar surface area (TPSA) is 95.5 Å². The standard InChI is InChI=1S/C24H20N2O4/c1-16-7-11-18(15-21(16)24(30)26-19-5-3-2-4-6-19)23(29)25-20-12-8-17(9-13-20)10-14-22(27)28/h2-15H,1H3,(H,25,29)(H,26,30)(H,27,28)/b14-10+. The Labute approximate surface area is 173 Å². The van der Waals surface area contributed by atoms with Crippen molar-refractivity contribution in [3.63, 3.8) is 0 Å². The summed E-state index contributed by atoms with van der Waals surface area (Å²) >= 11 is 0. The highest BCUT2D eigenvalue weighted by atomic mass is 16.4. The number of carboxylic acids is 1. The van der Waals surface area contributed by atoms with E-state index in [4.69, 9.17) is 5.11 Å². The molecule has 0 saturated carbocycles. The summed E-state index contributed by atoms with van der Waals surface area (Å²) in [4.78, 5) is 35.8. The predicted molar refractivity (Wildman–Crippen MR) is 117 cm³/mol. The molecule has 0 heterocycles. The Kier molecular flexibility index (Phi) is 6.39. The molecule has 3 rings (SSSR count). The molecule has 6 nitrogen and oxygen atoms in total. The molecule has 0 saturated heterocycles. The van der Waals surface area contributed by atoms with Crippen LogP contribution in [-0.4, -0.2) is 22.9 Å². The van der Waals surface area contributed by atoms with Crippen molar-refractivity contribution in [3.05, 3.63) is 101 Å². The number of para-hydroxylation sites is 1. The molecule has 150 valence electrons. The number of carbonyl (C=O) groups is 3. The first-order valence-electron chi connectivity index (χ1n) is 9.22. The first-order chi connectivity index (χ1) is 14.4. The van der Waals surface area contributed by atoms with Crippen LogP contribution < -0.4 is 10.6 Å². The smallest absolute Gasteiger partial charge is 0.328 e. The van der Waals surface area contributed by atoms with Crippen LogP contribution in [0.5, 0.6) is 0 Å². The van der Waals surface area contributed by atoms with Gasteiger partial charge < -0.3 is 15.7 Å². The van der Waals surface area contributed by atoms with Crippen LogP contribution in [0.3, 0.4) is 0 Å². The third kappa shape index (κ3) is 5.42. The number of aliphatic carboxylic acids is 1. The van der Waals surface area contributed by atoms with Crippen LogP contribution in [0.15, 0.2) is 78.9 Å². The summed E-state index contributed by atoms with van der Waals surface area (Å²) in [5.41, 5.74) is 3.46. The van der Waals surface area contributed by atoms with E-state index in [-0.39, 0.29) is 11.8 Å². The van der Waals surface area contributed by atoms with Crippen molar-refractivity contribution in [3.8, 4) is 0 Å². The van der Waals surface area contributed by atoms with Crippen molar-refractivity contribution in [2.75, 3.05) is 10.6 Å². The fourth-order valence-electron chi connectivity index (χ4n) is 2.78. The van der Waals surface area contributed by atoms with Gasteiger partial charge in [0.1, 0.15) is 0 Å². The first-order valence-corrected chi connectivity index (χ1v) is 9.22. The Bertz CT molecular complexity index is 1100. The fourth-order valence-corrected chi connectivity index (χ4v) is 2.78. The van der Waals surface area contributed by atoms with E-state index in [1.165, 1.54) is 6.08 Å². The van der Waals surface area contributed by atoms with Crippen LogP contribution in [-0.2, 0) is 4.79 Å². The van der Waals surface area contributed by atoms with Crippen molar-refractivity contribution in [2.24, 2.45) is 0 Å². The largest absolute Gasteiger partial charge is 0.478 e. The predicted octanol–water partition coefficient (Wildman–Crippen LogP) is 4.60. The number of aryl methyl sites for hydroxylation is 1. The third-order valence-electron chi connectivity index (χ3n) is 4.36. The van der Waals surface area contributed by atoms with Gasteiger partial charge in [0.15, 0.2) is 0 Å². The first kappa shape index (κ1) is 20.5. The van der Waals surface area contributed by atoms with Crippen LogP contribution >= 0.6 is 0 Å². The number of benzene rings is 3. The van der Waals surface area contributed by atoms with Crippen LogP contribution in [0.2, 0.25) is 0 Å². The normalized spacial score (nSPS) is 10.6. The Hall–Kier alpha value is -4.19. The zero-order chi connectivity index (χ0) is 21.5. The lowest BCUT2D eigenvalue weighted by atomic mass is 10.0. The van der Waals surface area contributed by atoms with Gasteiger partial charge in [-0.25, -0.2) is 4.79 Å². The van der Waals surface area contributed by atoms with Crippen molar-refractivity contribution >= 4 is 35.2 Å². The Morgan fingerprint density at radius 3 is 2.10 bits per heavy atom. The quantitative estimate of drug-likeness (QED) is 0.527. The molecule has 0 aromatic heterocycles. The van der Waals surface area contributed by atoms with E-state index in [0.717, 1.165) is 11.6 Å². The molecule has 0 bridgehead atoms. The third-order valence-corrected chi connectivity index (χ3v) is 4.36. The van der Waals surface area contributed by atoms with Crippen LogP contribution in [0, 0.1) is 6.92 Å². The summed E-state index contributed by atoms with van der Waals surface area (Å²) in [5.74, 6) is -1.67. The molecule has 0 radical (unpaired) electrons. The molecule has 3 aromatic carbocycles. The number of nitrogens with one attached hydrogen (secondary N) is 2. The van der Waals surface area contributed by atoms with E-state index in [1.54, 1.807) is 54.6 Å². The molecular formula is C24H20N2O4. The molecule has 0 aliphatic heterocycles. The highest BCUT2D eigenvalue weighted by Crippen LogP contribution is 2.17. The summed E-state index contributed by atoms with van der Waals surface area (Å²) in [7, 11) is 0. The van der Waals surface area contributed by atoms with Crippen LogP contribution in [0.25, 0.3) is 6.08 Å². The minimum Gasteiger partial charge on any atom is -0.478 e. The van der Waals surface area contributed by atoms with Gasteiger partial charge in [0.25, 0.3) is 11.8 Å². The molecule has 3 N–H and O–H groups in total. The lowest BCUT2D eigenvalue weighted by molar-refractivity contribution is -0.131. The van der Waals surface area contributed by atoms with Gasteiger partial charge >= 0.3 is 5.97 Å². The number of carboxylic acid groups (broad SMARTS) is 1. The fraction of sp³-hybridized carbons (Fsp3) is 0.0417. The molecule has 0 atom stereocenters. The van der Waals surface area contributed by atoms with Gasteiger partial charge in [0.05, 0.1) is 0 Å². The maximum absolute atomic E-state index is 12.6. The summed E-state index contributed by atoms with van der Waals surface area (Å²) < 4.78 is 0. The minimum atomic E-state index is -1.03. The van der Waals surface area contributed by atoms with E-state index in [1.807, 2.05) is 25.1 Å². The van der Waals surface area contributed by atoms with Crippen molar-refractivity contribution < 1.29 is 19.5 Å². The van der Waals surface area contributed by atoms with E-state index >= 15 is 0 Å². The molecule has 3 aromatic rings. The summed E-state index contributed by atoms with van der Waals surface area (Å²) in [6, 6.07) is 20.8. The van der Waals surface area contributed by atoms with Gasteiger partial charge in [-0.15, -0.1) is 0 Å². The molecule has 0 unspecified atom stereocenters. The molecular weight excluding hydrogens is 380 g/mol.